The zero-order chi connectivity index (χ0) is 37.3. The molecule has 0 aromatic carbocycles. The van der Waals surface area contributed by atoms with Gasteiger partial charge in [-0.15, -0.1) is 0 Å². The third-order valence-corrected chi connectivity index (χ3v) is 10.3. The number of amides is 1. The predicted molar refractivity (Wildman–Crippen MR) is 218 cm³/mol. The summed E-state index contributed by atoms with van der Waals surface area (Å²) in [5.41, 5.74) is 0. The number of allylic oxidation sites excluding steroid dienone is 2. The largest absolute Gasteiger partial charge is 0.466 e. The van der Waals surface area contributed by atoms with Crippen LogP contribution in [0.2, 0.25) is 0 Å². The van der Waals surface area contributed by atoms with E-state index < -0.39 is 12.1 Å². The van der Waals surface area contributed by atoms with Crippen LogP contribution in [0.3, 0.4) is 0 Å². The molecule has 6 nitrogen and oxygen atoms in total. The number of aliphatic hydroxyl groups excluding tert-OH is 2. The van der Waals surface area contributed by atoms with Crippen molar-refractivity contribution in [2.75, 3.05) is 13.2 Å². The number of carbonyl (C=O) groups is 2. The maximum absolute atomic E-state index is 12.4. The monoisotopic (exact) mass is 722 g/mol. The fourth-order valence-electron chi connectivity index (χ4n) is 6.81. The van der Waals surface area contributed by atoms with Gasteiger partial charge >= 0.3 is 5.97 Å². The Morgan fingerprint density at radius 3 is 1.41 bits per heavy atom. The normalized spacial score (nSPS) is 12.8. The van der Waals surface area contributed by atoms with Crippen LogP contribution in [0.25, 0.3) is 0 Å². The number of hydrogen-bond acceptors (Lipinski definition) is 5. The highest BCUT2D eigenvalue weighted by atomic mass is 16.5. The number of ether oxygens (including phenoxy) is 1. The van der Waals surface area contributed by atoms with Gasteiger partial charge in [0.05, 0.1) is 25.4 Å². The van der Waals surface area contributed by atoms with E-state index in [-0.39, 0.29) is 18.5 Å². The molecule has 0 bridgehead atoms. The lowest BCUT2D eigenvalue weighted by molar-refractivity contribution is -0.143. The number of carbonyl (C=O) groups excluding carboxylic acids is 2. The Labute approximate surface area is 317 Å². The zero-order valence-electron chi connectivity index (χ0n) is 34.1. The second kappa shape index (κ2) is 41.4. The first-order valence-electron chi connectivity index (χ1n) is 22.4. The quantitative estimate of drug-likeness (QED) is 0.0332. The number of nitrogens with one attached hydrogen (secondary N) is 1. The first-order valence-corrected chi connectivity index (χ1v) is 22.4. The molecule has 0 fully saturated rings. The third-order valence-electron chi connectivity index (χ3n) is 10.3. The van der Waals surface area contributed by atoms with Gasteiger partial charge < -0.3 is 20.3 Å². The van der Waals surface area contributed by atoms with E-state index in [1.807, 2.05) is 0 Å². The van der Waals surface area contributed by atoms with Gasteiger partial charge in [0.1, 0.15) is 0 Å². The standard InChI is InChI=1S/C45H87NO5/c1-3-5-7-9-11-13-15-16-18-23-27-31-35-39-45(50)51-40-36-32-28-24-20-19-22-26-30-34-38-44(49)46-42(41-47)43(48)37-33-29-25-21-17-14-12-10-8-6-4-2/h13,15,42-43,47-48H,3-12,14,16-41H2,1-2H3,(H,46,49)/b15-13-. The van der Waals surface area contributed by atoms with Crippen molar-refractivity contribution in [3.05, 3.63) is 12.2 Å². The van der Waals surface area contributed by atoms with Gasteiger partial charge in [0.2, 0.25) is 5.91 Å². The molecule has 0 aliphatic rings. The van der Waals surface area contributed by atoms with Crippen LogP contribution >= 0.6 is 0 Å². The summed E-state index contributed by atoms with van der Waals surface area (Å²) in [7, 11) is 0. The molecular formula is C45H87NO5. The Morgan fingerprint density at radius 1 is 0.529 bits per heavy atom. The maximum atomic E-state index is 12.4. The summed E-state index contributed by atoms with van der Waals surface area (Å²) >= 11 is 0. The summed E-state index contributed by atoms with van der Waals surface area (Å²) in [6, 6.07) is -0.556. The minimum atomic E-state index is -0.676. The summed E-state index contributed by atoms with van der Waals surface area (Å²) in [6.07, 6.45) is 44.4. The van der Waals surface area contributed by atoms with Gasteiger partial charge in [-0.05, 0) is 51.4 Å². The van der Waals surface area contributed by atoms with E-state index in [0.29, 0.717) is 25.9 Å². The number of hydrogen-bond donors (Lipinski definition) is 3. The van der Waals surface area contributed by atoms with Gasteiger partial charge in [0.15, 0.2) is 0 Å². The highest BCUT2D eigenvalue weighted by molar-refractivity contribution is 5.76. The lowest BCUT2D eigenvalue weighted by Gasteiger charge is -2.22. The highest BCUT2D eigenvalue weighted by Crippen LogP contribution is 2.15. The van der Waals surface area contributed by atoms with Crippen LogP contribution < -0.4 is 5.32 Å². The summed E-state index contributed by atoms with van der Waals surface area (Å²) in [6.45, 7) is 4.86. The number of aliphatic hydroxyl groups is 2. The molecule has 0 aromatic rings. The second-order valence-corrected chi connectivity index (χ2v) is 15.4. The van der Waals surface area contributed by atoms with Gasteiger partial charge in [-0.3, -0.25) is 9.59 Å². The van der Waals surface area contributed by atoms with Crippen LogP contribution in [0.5, 0.6) is 0 Å². The van der Waals surface area contributed by atoms with Crippen LogP contribution in [0.4, 0.5) is 0 Å². The molecule has 6 heteroatoms. The van der Waals surface area contributed by atoms with E-state index in [0.717, 1.165) is 57.8 Å². The molecule has 0 aromatic heterocycles. The van der Waals surface area contributed by atoms with Crippen LogP contribution in [0.15, 0.2) is 12.2 Å². The number of esters is 1. The summed E-state index contributed by atoms with van der Waals surface area (Å²) < 4.78 is 5.43. The Morgan fingerprint density at radius 2 is 0.922 bits per heavy atom. The fourth-order valence-corrected chi connectivity index (χ4v) is 6.81. The average molecular weight is 722 g/mol. The Balaban J connectivity index is 3.49. The van der Waals surface area contributed by atoms with Crippen LogP contribution in [0, 0.1) is 0 Å². The van der Waals surface area contributed by atoms with Crippen molar-refractivity contribution in [3.8, 4) is 0 Å². The van der Waals surface area contributed by atoms with Gasteiger partial charge in [0.25, 0.3) is 0 Å². The van der Waals surface area contributed by atoms with Crippen molar-refractivity contribution in [2.45, 2.75) is 251 Å². The molecule has 51 heavy (non-hydrogen) atoms. The Bertz CT molecular complexity index is 757. The van der Waals surface area contributed by atoms with E-state index in [9.17, 15) is 19.8 Å². The molecule has 0 aliphatic heterocycles. The summed E-state index contributed by atoms with van der Waals surface area (Å²) in [4.78, 5) is 24.4. The molecule has 0 saturated carbocycles. The van der Waals surface area contributed by atoms with Crippen LogP contribution in [0.1, 0.15) is 239 Å². The molecular weight excluding hydrogens is 634 g/mol. The average Bonchev–Trinajstić information content (AvgIpc) is 3.13. The molecule has 0 heterocycles. The van der Waals surface area contributed by atoms with Crippen molar-refractivity contribution in [2.24, 2.45) is 0 Å². The topological polar surface area (TPSA) is 95.9 Å². The van der Waals surface area contributed by atoms with Gasteiger partial charge in [0, 0.05) is 12.8 Å². The fraction of sp³-hybridized carbons (Fsp3) is 0.911. The summed E-state index contributed by atoms with van der Waals surface area (Å²) in [5, 5.41) is 23.1. The molecule has 1 amide bonds. The Kier molecular flexibility index (Phi) is 40.2. The van der Waals surface area contributed by atoms with Gasteiger partial charge in [-0.2, -0.15) is 0 Å². The minimum absolute atomic E-state index is 0.0286. The zero-order valence-corrected chi connectivity index (χ0v) is 34.1. The molecule has 0 spiro atoms. The van der Waals surface area contributed by atoms with Crippen molar-refractivity contribution < 1.29 is 24.5 Å². The number of rotatable bonds is 41. The molecule has 302 valence electrons. The highest BCUT2D eigenvalue weighted by Gasteiger charge is 2.20. The third kappa shape index (κ3) is 38.1. The van der Waals surface area contributed by atoms with E-state index >= 15 is 0 Å². The van der Waals surface area contributed by atoms with E-state index in [2.05, 4.69) is 31.3 Å². The smallest absolute Gasteiger partial charge is 0.305 e. The lowest BCUT2D eigenvalue weighted by atomic mass is 10.0. The molecule has 0 rings (SSSR count). The van der Waals surface area contributed by atoms with Crippen molar-refractivity contribution >= 4 is 11.9 Å². The summed E-state index contributed by atoms with van der Waals surface area (Å²) in [5.74, 6) is -0.0885. The maximum Gasteiger partial charge on any atom is 0.305 e. The molecule has 0 saturated heterocycles. The first kappa shape index (κ1) is 49.6. The molecule has 3 N–H and O–H groups in total. The van der Waals surface area contributed by atoms with Gasteiger partial charge in [-0.1, -0.05) is 187 Å². The van der Waals surface area contributed by atoms with Crippen LogP contribution in [-0.4, -0.2) is 47.4 Å². The van der Waals surface area contributed by atoms with E-state index in [4.69, 9.17) is 4.74 Å². The van der Waals surface area contributed by atoms with Crippen LogP contribution in [-0.2, 0) is 14.3 Å². The minimum Gasteiger partial charge on any atom is -0.466 e. The van der Waals surface area contributed by atoms with E-state index in [1.54, 1.807) is 0 Å². The van der Waals surface area contributed by atoms with Gasteiger partial charge in [-0.25, -0.2) is 0 Å². The SMILES string of the molecule is CCCCCC/C=C\CCCCCCCC(=O)OCCCCCCCCCCCCC(=O)NC(CO)C(O)CCCCCCCCCCCCC. The van der Waals surface area contributed by atoms with Crippen molar-refractivity contribution in [3.63, 3.8) is 0 Å². The van der Waals surface area contributed by atoms with Crippen molar-refractivity contribution in [1.29, 1.82) is 0 Å². The number of unbranched alkanes of at least 4 members (excludes halogenated alkanes) is 28. The second-order valence-electron chi connectivity index (χ2n) is 15.4. The molecule has 0 aliphatic carbocycles. The van der Waals surface area contributed by atoms with E-state index in [1.165, 1.54) is 148 Å². The first-order chi connectivity index (χ1) is 25.0. The predicted octanol–water partition coefficient (Wildman–Crippen LogP) is 12.6. The lowest BCUT2D eigenvalue weighted by Crippen LogP contribution is -2.45. The Hall–Kier alpha value is -1.40. The molecule has 2 atom stereocenters. The molecule has 0 radical (unpaired) electrons. The molecule has 2 unspecified atom stereocenters. The van der Waals surface area contributed by atoms with Crippen molar-refractivity contribution in [1.82, 2.24) is 5.32 Å².